The molecule has 1 aliphatic rings. The maximum atomic E-state index is 13.2. The van der Waals surface area contributed by atoms with Gasteiger partial charge in [-0.05, 0) is 68.0 Å². The minimum atomic E-state index is -4.26. The molecule has 1 amide bonds. The molecule has 1 atom stereocenters. The van der Waals surface area contributed by atoms with Gasteiger partial charge >= 0.3 is 0 Å². The number of aromatic nitrogens is 2. The molecule has 0 aliphatic carbocycles. The Labute approximate surface area is 212 Å². The number of nitrogens with zero attached hydrogens (tertiary/aromatic N) is 3. The first-order chi connectivity index (χ1) is 17.0. The van der Waals surface area contributed by atoms with Gasteiger partial charge < -0.3 is 9.64 Å². The van der Waals surface area contributed by atoms with E-state index in [1.165, 1.54) is 12.1 Å². The van der Waals surface area contributed by atoms with Gasteiger partial charge in [0, 0.05) is 24.3 Å². The van der Waals surface area contributed by atoms with Crippen LogP contribution in [0.1, 0.15) is 62.9 Å². The van der Waals surface area contributed by atoms with E-state index in [9.17, 15) is 13.2 Å². The van der Waals surface area contributed by atoms with Crippen LogP contribution in [-0.2, 0) is 10.0 Å². The molecule has 1 N–H and O–H groups in total. The topological polar surface area (TPSA) is 101 Å². The van der Waals surface area contributed by atoms with Crippen molar-refractivity contribution < 1.29 is 17.9 Å². The molecule has 0 bridgehead atoms. The predicted octanol–water partition coefficient (Wildman–Crippen LogP) is 5.14. The average molecular weight is 509 g/mol. The van der Waals surface area contributed by atoms with E-state index in [-0.39, 0.29) is 22.0 Å². The number of anilines is 1. The van der Waals surface area contributed by atoms with Gasteiger partial charge in [0.15, 0.2) is 5.03 Å². The Kier molecular flexibility index (Phi) is 7.04. The van der Waals surface area contributed by atoms with Gasteiger partial charge in [-0.3, -0.25) is 4.79 Å². The number of hydrogen-bond acceptors (Lipinski definition) is 7. The Morgan fingerprint density at radius 3 is 2.47 bits per heavy atom. The lowest BCUT2D eigenvalue weighted by atomic mass is 9.90. The summed E-state index contributed by atoms with van der Waals surface area (Å²) in [6.45, 7) is 11.3. The van der Waals surface area contributed by atoms with Crippen molar-refractivity contribution in [1.29, 1.82) is 0 Å². The molecule has 0 radical (unpaired) electrons. The number of benzene rings is 1. The normalized spacial score (nSPS) is 17.3. The predicted molar refractivity (Wildman–Crippen MR) is 139 cm³/mol. The maximum absolute atomic E-state index is 13.2. The van der Waals surface area contributed by atoms with Crippen molar-refractivity contribution in [1.82, 2.24) is 14.7 Å². The van der Waals surface area contributed by atoms with Gasteiger partial charge in [0.2, 0.25) is 5.88 Å². The number of hydrogen-bond donors (Lipinski definition) is 1. The number of carbonyl (C=O) groups is 1. The number of carbonyl (C=O) groups excluding carboxylic acids is 1. The van der Waals surface area contributed by atoms with Gasteiger partial charge in [0.1, 0.15) is 11.6 Å². The average Bonchev–Trinajstić information content (AvgIpc) is 3.11. The quantitative estimate of drug-likeness (QED) is 0.472. The van der Waals surface area contributed by atoms with Crippen LogP contribution in [-0.4, -0.2) is 36.4 Å². The molecule has 0 saturated carbocycles. The third-order valence-corrected chi connectivity index (χ3v) is 8.18. The summed E-state index contributed by atoms with van der Waals surface area (Å²) in [6, 6.07) is 15.1. The monoisotopic (exact) mass is 508 g/mol. The number of rotatable bonds is 7. The Bertz CT molecular complexity index is 1350. The second kappa shape index (κ2) is 9.89. The molecule has 8 nitrogen and oxygen atoms in total. The van der Waals surface area contributed by atoms with E-state index >= 15 is 0 Å². The molecule has 0 spiro atoms. The molecule has 1 fully saturated rings. The number of nitrogens with one attached hydrogen (secondary N) is 1. The van der Waals surface area contributed by atoms with Gasteiger partial charge in [-0.15, -0.1) is 0 Å². The molecule has 190 valence electrons. The molecule has 3 aromatic rings. The van der Waals surface area contributed by atoms with Crippen molar-refractivity contribution in [3.63, 3.8) is 0 Å². The van der Waals surface area contributed by atoms with Crippen molar-refractivity contribution in [2.24, 2.45) is 5.92 Å². The first kappa shape index (κ1) is 25.6. The summed E-state index contributed by atoms with van der Waals surface area (Å²) in [6.07, 6.45) is 2.57. The van der Waals surface area contributed by atoms with Crippen LogP contribution in [0.2, 0.25) is 0 Å². The van der Waals surface area contributed by atoms with E-state index < -0.39 is 15.9 Å². The van der Waals surface area contributed by atoms with Crippen LogP contribution >= 0.6 is 0 Å². The molecule has 4 rings (SSSR count). The minimum Gasteiger partial charge on any atom is -0.439 e. The number of amides is 1. The zero-order valence-corrected chi connectivity index (χ0v) is 22.0. The summed E-state index contributed by atoms with van der Waals surface area (Å²) in [5.41, 5.74) is 1.14. The molecule has 2 aromatic heterocycles. The second-order valence-corrected chi connectivity index (χ2v) is 11.6. The molecule has 1 aromatic carbocycles. The van der Waals surface area contributed by atoms with Crippen LogP contribution in [0.5, 0.6) is 11.6 Å². The summed E-state index contributed by atoms with van der Waals surface area (Å²) in [7, 11) is -4.26. The fourth-order valence-corrected chi connectivity index (χ4v) is 5.20. The van der Waals surface area contributed by atoms with Crippen LogP contribution in [0, 0.1) is 5.92 Å². The van der Waals surface area contributed by atoms with E-state index in [0.717, 1.165) is 18.5 Å². The van der Waals surface area contributed by atoms with Crippen LogP contribution in [0.15, 0.2) is 65.8 Å². The van der Waals surface area contributed by atoms with E-state index in [4.69, 9.17) is 4.74 Å². The van der Waals surface area contributed by atoms with E-state index in [1.54, 1.807) is 24.4 Å². The Hall–Kier alpha value is -3.46. The summed E-state index contributed by atoms with van der Waals surface area (Å²) in [5.74, 6) is 1.13. The lowest BCUT2D eigenvalue weighted by molar-refractivity contribution is 0.0981. The molecule has 3 heterocycles. The van der Waals surface area contributed by atoms with Gasteiger partial charge in [0.05, 0.1) is 5.56 Å². The molecular weight excluding hydrogens is 476 g/mol. The summed E-state index contributed by atoms with van der Waals surface area (Å²) >= 11 is 0. The molecule has 36 heavy (non-hydrogen) atoms. The van der Waals surface area contributed by atoms with Gasteiger partial charge in [-0.1, -0.05) is 39.0 Å². The van der Waals surface area contributed by atoms with Crippen LogP contribution in [0.4, 0.5) is 5.82 Å². The minimum absolute atomic E-state index is 0.109. The van der Waals surface area contributed by atoms with Crippen LogP contribution in [0.3, 0.4) is 0 Å². The third-order valence-electron chi connectivity index (χ3n) is 6.94. The zero-order valence-electron chi connectivity index (χ0n) is 21.2. The fraction of sp³-hybridized carbons (Fsp3) is 0.370. The maximum Gasteiger partial charge on any atom is 0.281 e. The highest BCUT2D eigenvalue weighted by atomic mass is 32.2. The molecule has 9 heteroatoms. The molecule has 1 saturated heterocycles. The number of ether oxygens (including phenoxy) is 1. The zero-order chi connectivity index (χ0) is 26.1. The SMILES string of the molecule is CC(C)c1ccc(Oc2cccc(S(=O)(=O)NC(=O)c3cccnc3N3CCC(C)C3(C)C)n2)cc1. The summed E-state index contributed by atoms with van der Waals surface area (Å²) in [4.78, 5) is 23.8. The fourth-order valence-electron chi connectivity index (χ4n) is 4.27. The van der Waals surface area contributed by atoms with Crippen LogP contribution < -0.4 is 14.4 Å². The van der Waals surface area contributed by atoms with Crippen molar-refractivity contribution in [2.45, 2.75) is 57.5 Å². The standard InChI is InChI=1S/C27H32N4O4S/c1-18(2)20-11-13-21(14-12-20)35-23-9-6-10-24(29-23)36(33,34)30-26(32)22-8-7-16-28-25(22)31-17-15-19(3)27(31,4)5/h6-14,16,18-19H,15,17H2,1-5H3,(H,30,32). The van der Waals surface area contributed by atoms with E-state index in [1.807, 2.05) is 24.3 Å². The Morgan fingerprint density at radius 2 is 1.83 bits per heavy atom. The highest BCUT2D eigenvalue weighted by Crippen LogP contribution is 2.38. The first-order valence-electron chi connectivity index (χ1n) is 12.0. The van der Waals surface area contributed by atoms with Gasteiger partial charge in [-0.2, -0.15) is 13.4 Å². The van der Waals surface area contributed by atoms with Crippen molar-refractivity contribution in [3.8, 4) is 11.6 Å². The van der Waals surface area contributed by atoms with Crippen molar-refractivity contribution >= 4 is 21.7 Å². The van der Waals surface area contributed by atoms with Crippen LogP contribution in [0.25, 0.3) is 0 Å². The van der Waals surface area contributed by atoms with Crippen molar-refractivity contribution in [2.75, 3.05) is 11.4 Å². The smallest absolute Gasteiger partial charge is 0.281 e. The summed E-state index contributed by atoms with van der Waals surface area (Å²) in [5, 5.41) is -0.312. The number of sulfonamides is 1. The third kappa shape index (κ3) is 5.21. The van der Waals surface area contributed by atoms with E-state index in [2.05, 4.69) is 54.2 Å². The van der Waals surface area contributed by atoms with Gasteiger partial charge in [-0.25, -0.2) is 9.71 Å². The Balaban J connectivity index is 1.54. The second-order valence-electron chi connectivity index (χ2n) is 9.94. The molecule has 1 aliphatic heterocycles. The molecule has 1 unspecified atom stereocenters. The largest absolute Gasteiger partial charge is 0.439 e. The first-order valence-corrected chi connectivity index (χ1v) is 13.5. The number of pyridine rings is 2. The Morgan fingerprint density at radius 1 is 1.11 bits per heavy atom. The highest BCUT2D eigenvalue weighted by Gasteiger charge is 2.40. The highest BCUT2D eigenvalue weighted by molar-refractivity contribution is 7.90. The lowest BCUT2D eigenvalue weighted by Gasteiger charge is -2.36. The summed E-state index contributed by atoms with van der Waals surface area (Å²) < 4.78 is 34.0. The lowest BCUT2D eigenvalue weighted by Crippen LogP contribution is -2.43. The van der Waals surface area contributed by atoms with Crippen molar-refractivity contribution in [3.05, 3.63) is 71.9 Å². The molecular formula is C27H32N4O4S. The van der Waals surface area contributed by atoms with Gasteiger partial charge in [0.25, 0.3) is 15.9 Å². The van der Waals surface area contributed by atoms with E-state index in [0.29, 0.717) is 23.4 Å².